The maximum atomic E-state index is 11.9. The van der Waals surface area contributed by atoms with Gasteiger partial charge in [0.05, 0.1) is 0 Å². The van der Waals surface area contributed by atoms with E-state index in [-0.39, 0.29) is 29.9 Å². The molecule has 26 heavy (non-hydrogen) atoms. The van der Waals surface area contributed by atoms with Crippen LogP contribution in [0.15, 0.2) is 52.8 Å². The van der Waals surface area contributed by atoms with Gasteiger partial charge in [-0.1, -0.05) is 36.4 Å². The van der Waals surface area contributed by atoms with Crippen LogP contribution in [0.3, 0.4) is 0 Å². The molecule has 0 aliphatic rings. The minimum Gasteiger partial charge on any atom is -0.357 e. The van der Waals surface area contributed by atoms with Crippen LogP contribution >= 0.6 is 35.3 Å². The summed E-state index contributed by atoms with van der Waals surface area (Å²) in [5.41, 5.74) is 1.10. The molecule has 0 atom stereocenters. The maximum Gasteiger partial charge on any atom is 0.222 e. The summed E-state index contributed by atoms with van der Waals surface area (Å²) in [6.07, 6.45) is 1.36. The van der Waals surface area contributed by atoms with Crippen LogP contribution in [0.5, 0.6) is 0 Å². The fourth-order valence-electron chi connectivity index (χ4n) is 2.25. The summed E-state index contributed by atoms with van der Waals surface area (Å²) >= 11 is 1.75. The van der Waals surface area contributed by atoms with E-state index < -0.39 is 0 Å². The fraction of sp³-hybridized carbons (Fsp3) is 0.368. The summed E-state index contributed by atoms with van der Waals surface area (Å²) in [4.78, 5) is 17.8. The number of benzene rings is 1. The van der Waals surface area contributed by atoms with Gasteiger partial charge in [-0.15, -0.1) is 35.3 Å². The molecule has 3 N–H and O–H groups in total. The highest BCUT2D eigenvalue weighted by atomic mass is 127. The highest BCUT2D eigenvalue weighted by Crippen LogP contribution is 2.08. The molecule has 0 spiro atoms. The van der Waals surface area contributed by atoms with Gasteiger partial charge < -0.3 is 16.0 Å². The number of thiophene rings is 1. The Labute approximate surface area is 176 Å². The first-order valence-corrected chi connectivity index (χ1v) is 9.51. The zero-order valence-corrected chi connectivity index (χ0v) is 18.2. The van der Waals surface area contributed by atoms with Crippen molar-refractivity contribution in [3.8, 4) is 0 Å². The Morgan fingerprint density at radius 3 is 2.58 bits per heavy atom. The molecule has 0 fully saturated rings. The Morgan fingerprint density at radius 2 is 1.88 bits per heavy atom. The molecule has 7 heteroatoms. The average molecular weight is 486 g/mol. The number of amides is 1. The van der Waals surface area contributed by atoms with Gasteiger partial charge in [0.1, 0.15) is 0 Å². The molecule has 0 saturated carbocycles. The van der Waals surface area contributed by atoms with Gasteiger partial charge in [0.25, 0.3) is 0 Å². The number of rotatable bonds is 9. The maximum absolute atomic E-state index is 11.9. The molecule has 0 bridgehead atoms. The molecule has 0 aliphatic heterocycles. The third kappa shape index (κ3) is 9.19. The van der Waals surface area contributed by atoms with Crippen LogP contribution in [0, 0.1) is 0 Å². The van der Waals surface area contributed by atoms with E-state index in [0.717, 1.165) is 31.0 Å². The van der Waals surface area contributed by atoms with Crippen molar-refractivity contribution >= 4 is 47.2 Å². The molecule has 0 aliphatic carbocycles. The third-order valence-corrected chi connectivity index (χ3v) is 4.47. The van der Waals surface area contributed by atoms with Gasteiger partial charge in [0.15, 0.2) is 5.96 Å². The van der Waals surface area contributed by atoms with Gasteiger partial charge in [-0.2, -0.15) is 0 Å². The lowest BCUT2D eigenvalue weighted by Crippen LogP contribution is -2.39. The summed E-state index contributed by atoms with van der Waals surface area (Å²) in [5, 5.41) is 11.4. The van der Waals surface area contributed by atoms with E-state index in [4.69, 9.17) is 0 Å². The van der Waals surface area contributed by atoms with Gasteiger partial charge in [0, 0.05) is 43.9 Å². The highest BCUT2D eigenvalue weighted by Gasteiger charge is 2.03. The molecule has 2 aromatic rings. The largest absolute Gasteiger partial charge is 0.357 e. The van der Waals surface area contributed by atoms with Crippen molar-refractivity contribution in [2.75, 3.05) is 19.6 Å². The van der Waals surface area contributed by atoms with Gasteiger partial charge in [-0.25, -0.2) is 0 Å². The topological polar surface area (TPSA) is 65.5 Å². The third-order valence-electron chi connectivity index (χ3n) is 3.53. The Balaban J connectivity index is 0.00000338. The van der Waals surface area contributed by atoms with E-state index in [2.05, 4.69) is 38.5 Å². The molecule has 1 aromatic heterocycles. The second kappa shape index (κ2) is 13.6. The number of nitrogens with one attached hydrogen (secondary N) is 3. The fourth-order valence-corrected chi connectivity index (χ4v) is 2.95. The summed E-state index contributed by atoms with van der Waals surface area (Å²) in [5.74, 6) is 0.792. The van der Waals surface area contributed by atoms with Crippen LogP contribution in [0.1, 0.15) is 23.8 Å². The lowest BCUT2D eigenvalue weighted by molar-refractivity contribution is -0.121. The van der Waals surface area contributed by atoms with E-state index in [1.165, 1.54) is 4.88 Å². The predicted molar refractivity (Wildman–Crippen MR) is 120 cm³/mol. The second-order valence-corrected chi connectivity index (χ2v) is 6.56. The van der Waals surface area contributed by atoms with Crippen LogP contribution in [0.25, 0.3) is 0 Å². The predicted octanol–water partition coefficient (Wildman–Crippen LogP) is 3.17. The van der Waals surface area contributed by atoms with E-state index in [1.807, 2.05) is 37.3 Å². The van der Waals surface area contributed by atoms with Crippen LogP contribution in [0.4, 0.5) is 0 Å². The molecule has 0 radical (unpaired) electrons. The van der Waals surface area contributed by atoms with Crippen molar-refractivity contribution in [1.82, 2.24) is 16.0 Å². The molecular formula is C19H27IN4OS. The monoisotopic (exact) mass is 486 g/mol. The molecule has 0 unspecified atom stereocenters. The summed E-state index contributed by atoms with van der Waals surface area (Å²) in [6.45, 7) is 4.68. The van der Waals surface area contributed by atoms with Gasteiger partial charge >= 0.3 is 0 Å². The average Bonchev–Trinajstić information content (AvgIpc) is 3.14. The Kier molecular flexibility index (Phi) is 11.7. The first kappa shape index (κ1) is 22.4. The molecule has 1 amide bonds. The smallest absolute Gasteiger partial charge is 0.222 e. The standard InChI is InChI=1S/C19H26N4OS.HI/c1-2-20-19(21-12-10-17-9-6-14-25-17)22-13-11-18(24)23-15-16-7-4-3-5-8-16;/h3-9,14H,2,10-13,15H2,1H3,(H,23,24)(H2,20,21,22);1H. The van der Waals surface area contributed by atoms with Crippen molar-refractivity contribution in [2.24, 2.45) is 4.99 Å². The summed E-state index contributed by atoms with van der Waals surface area (Å²) < 4.78 is 0. The molecular weight excluding hydrogens is 459 g/mol. The first-order valence-electron chi connectivity index (χ1n) is 8.63. The Morgan fingerprint density at radius 1 is 1.08 bits per heavy atom. The minimum atomic E-state index is 0. The SMILES string of the molecule is CCNC(=NCCc1cccs1)NCCC(=O)NCc1ccccc1.I. The van der Waals surface area contributed by atoms with Gasteiger partial charge in [-0.3, -0.25) is 9.79 Å². The van der Waals surface area contributed by atoms with Crippen molar-refractivity contribution in [2.45, 2.75) is 26.3 Å². The molecule has 1 heterocycles. The molecule has 142 valence electrons. The van der Waals surface area contributed by atoms with E-state index in [0.29, 0.717) is 19.5 Å². The highest BCUT2D eigenvalue weighted by molar-refractivity contribution is 14.0. The molecule has 0 saturated heterocycles. The number of halogens is 1. The molecule has 2 rings (SSSR count). The lowest BCUT2D eigenvalue weighted by Gasteiger charge is -2.11. The van der Waals surface area contributed by atoms with Crippen LogP contribution in [-0.4, -0.2) is 31.5 Å². The Bertz CT molecular complexity index is 647. The van der Waals surface area contributed by atoms with Crippen LogP contribution in [0.2, 0.25) is 0 Å². The van der Waals surface area contributed by atoms with Crippen molar-refractivity contribution in [3.05, 3.63) is 58.3 Å². The summed E-state index contributed by atoms with van der Waals surface area (Å²) in [6, 6.07) is 14.1. The van der Waals surface area contributed by atoms with Crippen molar-refractivity contribution in [3.63, 3.8) is 0 Å². The van der Waals surface area contributed by atoms with Crippen LogP contribution in [-0.2, 0) is 17.8 Å². The van der Waals surface area contributed by atoms with Crippen molar-refractivity contribution in [1.29, 1.82) is 0 Å². The zero-order chi connectivity index (χ0) is 17.7. The number of hydrogen-bond donors (Lipinski definition) is 3. The lowest BCUT2D eigenvalue weighted by atomic mass is 10.2. The normalized spacial score (nSPS) is 10.7. The number of hydrogen-bond acceptors (Lipinski definition) is 3. The second-order valence-electron chi connectivity index (χ2n) is 5.53. The number of nitrogens with zero attached hydrogens (tertiary/aromatic N) is 1. The summed E-state index contributed by atoms with van der Waals surface area (Å²) in [7, 11) is 0. The number of guanidine groups is 1. The first-order chi connectivity index (χ1) is 12.3. The van der Waals surface area contributed by atoms with E-state index in [1.54, 1.807) is 11.3 Å². The minimum absolute atomic E-state index is 0. The number of aliphatic imine (C=N–C) groups is 1. The van der Waals surface area contributed by atoms with Crippen LogP contribution < -0.4 is 16.0 Å². The molecule has 1 aromatic carbocycles. The van der Waals surface area contributed by atoms with Crippen molar-refractivity contribution < 1.29 is 4.79 Å². The van der Waals surface area contributed by atoms with E-state index in [9.17, 15) is 4.79 Å². The number of carbonyl (C=O) groups excluding carboxylic acids is 1. The number of carbonyl (C=O) groups is 1. The quantitative estimate of drug-likeness (QED) is 0.290. The Hall–Kier alpha value is -1.61. The van der Waals surface area contributed by atoms with Gasteiger partial charge in [-0.05, 0) is 23.9 Å². The zero-order valence-electron chi connectivity index (χ0n) is 15.0. The molecule has 5 nitrogen and oxygen atoms in total. The van der Waals surface area contributed by atoms with E-state index >= 15 is 0 Å². The van der Waals surface area contributed by atoms with Gasteiger partial charge in [0.2, 0.25) is 5.91 Å².